The van der Waals surface area contributed by atoms with Crippen LogP contribution >= 0.6 is 0 Å². The molecule has 2 bridgehead atoms. The molecule has 1 aromatic rings. The largest absolute Gasteiger partial charge is 0.311 e. The van der Waals surface area contributed by atoms with E-state index < -0.39 is 0 Å². The third kappa shape index (κ3) is 1.44. The van der Waals surface area contributed by atoms with Gasteiger partial charge in [0, 0.05) is 36.0 Å². The molecule has 0 unspecified atom stereocenters. The Morgan fingerprint density at radius 1 is 1.40 bits per heavy atom. The van der Waals surface area contributed by atoms with Gasteiger partial charge < -0.3 is 5.32 Å². The van der Waals surface area contributed by atoms with Crippen molar-refractivity contribution in [3.8, 4) is 12.3 Å². The molecule has 3 rings (SSSR count). The molecular formula is C13H14N2. The zero-order valence-electron chi connectivity index (χ0n) is 8.61. The van der Waals surface area contributed by atoms with Crippen molar-refractivity contribution in [2.45, 2.75) is 37.3 Å². The summed E-state index contributed by atoms with van der Waals surface area (Å²) >= 11 is 0. The van der Waals surface area contributed by atoms with Gasteiger partial charge in [-0.15, -0.1) is 6.42 Å². The lowest BCUT2D eigenvalue weighted by atomic mass is 9.84. The van der Waals surface area contributed by atoms with Gasteiger partial charge in [-0.25, -0.2) is 0 Å². The summed E-state index contributed by atoms with van der Waals surface area (Å²) in [6.07, 6.45) is 13.0. The Bertz CT molecular complexity index is 419. The quantitative estimate of drug-likeness (QED) is 0.694. The van der Waals surface area contributed by atoms with Crippen molar-refractivity contribution in [1.82, 2.24) is 10.3 Å². The third-order valence-electron chi connectivity index (χ3n) is 3.65. The van der Waals surface area contributed by atoms with Crippen molar-refractivity contribution in [2.75, 3.05) is 0 Å². The second kappa shape index (κ2) is 3.36. The lowest BCUT2D eigenvalue weighted by molar-refractivity contribution is 0.505. The average Bonchev–Trinajstić information content (AvgIpc) is 2.91. The van der Waals surface area contributed by atoms with Gasteiger partial charge in [0.15, 0.2) is 0 Å². The predicted molar refractivity (Wildman–Crippen MR) is 59.5 cm³/mol. The highest BCUT2D eigenvalue weighted by Gasteiger charge is 2.39. The second-order valence-corrected chi connectivity index (χ2v) is 4.54. The molecule has 15 heavy (non-hydrogen) atoms. The molecule has 0 amide bonds. The van der Waals surface area contributed by atoms with Gasteiger partial charge in [0.2, 0.25) is 0 Å². The van der Waals surface area contributed by atoms with Gasteiger partial charge >= 0.3 is 0 Å². The first kappa shape index (κ1) is 8.94. The van der Waals surface area contributed by atoms with Gasteiger partial charge in [-0.05, 0) is 30.9 Å². The van der Waals surface area contributed by atoms with Crippen LogP contribution in [0.25, 0.3) is 0 Å². The SMILES string of the molecule is C#Cc1cncc([C@H]2C[C@@H]3CC[C@H]2N3)c1. The van der Waals surface area contributed by atoms with E-state index in [1.807, 2.05) is 6.20 Å². The van der Waals surface area contributed by atoms with Gasteiger partial charge in [-0.3, -0.25) is 4.98 Å². The summed E-state index contributed by atoms with van der Waals surface area (Å²) in [6, 6.07) is 3.50. The fourth-order valence-corrected chi connectivity index (χ4v) is 2.93. The molecule has 0 radical (unpaired) electrons. The molecule has 0 saturated carbocycles. The smallest absolute Gasteiger partial charge is 0.0428 e. The van der Waals surface area contributed by atoms with Crippen molar-refractivity contribution in [3.05, 3.63) is 29.6 Å². The van der Waals surface area contributed by atoms with Crippen molar-refractivity contribution in [1.29, 1.82) is 0 Å². The summed E-state index contributed by atoms with van der Waals surface area (Å²) in [5, 5.41) is 3.63. The monoisotopic (exact) mass is 198 g/mol. The zero-order valence-corrected chi connectivity index (χ0v) is 8.61. The molecule has 2 fully saturated rings. The fraction of sp³-hybridized carbons (Fsp3) is 0.462. The zero-order chi connectivity index (χ0) is 10.3. The first-order chi connectivity index (χ1) is 7.36. The van der Waals surface area contributed by atoms with Crippen LogP contribution in [0.15, 0.2) is 18.5 Å². The maximum Gasteiger partial charge on any atom is 0.0428 e. The maximum atomic E-state index is 5.39. The highest BCUT2D eigenvalue weighted by Crippen LogP contribution is 2.39. The van der Waals surface area contributed by atoms with E-state index in [9.17, 15) is 0 Å². The number of fused-ring (bicyclic) bond motifs is 2. The molecule has 0 aromatic carbocycles. The second-order valence-electron chi connectivity index (χ2n) is 4.54. The van der Waals surface area contributed by atoms with Gasteiger partial charge in [0.25, 0.3) is 0 Å². The summed E-state index contributed by atoms with van der Waals surface area (Å²) in [7, 11) is 0. The van der Waals surface area contributed by atoms with Crippen LogP contribution in [0.3, 0.4) is 0 Å². The molecule has 3 heterocycles. The Morgan fingerprint density at radius 2 is 2.33 bits per heavy atom. The summed E-state index contributed by atoms with van der Waals surface area (Å²) < 4.78 is 0. The Balaban J connectivity index is 1.90. The van der Waals surface area contributed by atoms with Crippen LogP contribution in [-0.2, 0) is 0 Å². The van der Waals surface area contributed by atoms with E-state index >= 15 is 0 Å². The van der Waals surface area contributed by atoms with Gasteiger partial charge in [-0.2, -0.15) is 0 Å². The number of hydrogen-bond acceptors (Lipinski definition) is 2. The molecule has 2 aliphatic rings. The van der Waals surface area contributed by atoms with Gasteiger partial charge in [0.05, 0.1) is 0 Å². The molecule has 0 aliphatic carbocycles. The molecule has 76 valence electrons. The van der Waals surface area contributed by atoms with E-state index in [0.717, 1.165) is 11.6 Å². The first-order valence-corrected chi connectivity index (χ1v) is 5.54. The van der Waals surface area contributed by atoms with E-state index in [1.54, 1.807) is 6.20 Å². The van der Waals surface area contributed by atoms with E-state index in [2.05, 4.69) is 22.3 Å². The maximum absolute atomic E-state index is 5.39. The summed E-state index contributed by atoms with van der Waals surface area (Å²) in [5.74, 6) is 3.28. The van der Waals surface area contributed by atoms with Crippen molar-refractivity contribution >= 4 is 0 Å². The van der Waals surface area contributed by atoms with Crippen LogP contribution in [0.4, 0.5) is 0 Å². The number of aromatic nitrogens is 1. The number of hydrogen-bond donors (Lipinski definition) is 1. The number of rotatable bonds is 1. The minimum absolute atomic E-state index is 0.629. The summed E-state index contributed by atoms with van der Waals surface area (Å²) in [6.45, 7) is 0. The Hall–Kier alpha value is -1.33. The minimum atomic E-state index is 0.629. The van der Waals surface area contributed by atoms with Crippen LogP contribution in [-0.4, -0.2) is 17.1 Å². The molecule has 0 spiro atoms. The molecule has 3 atom stereocenters. The van der Waals surface area contributed by atoms with Crippen LogP contribution in [0.2, 0.25) is 0 Å². The van der Waals surface area contributed by atoms with Crippen molar-refractivity contribution < 1.29 is 0 Å². The highest BCUT2D eigenvalue weighted by atomic mass is 15.0. The van der Waals surface area contributed by atoms with Crippen LogP contribution in [0.1, 0.15) is 36.3 Å². The Labute approximate surface area is 90.1 Å². The topological polar surface area (TPSA) is 24.9 Å². The van der Waals surface area contributed by atoms with E-state index in [1.165, 1.54) is 24.8 Å². The van der Waals surface area contributed by atoms with Crippen molar-refractivity contribution in [2.24, 2.45) is 0 Å². The molecule has 2 heteroatoms. The molecule has 2 aliphatic heterocycles. The van der Waals surface area contributed by atoms with Crippen LogP contribution < -0.4 is 5.32 Å². The number of terminal acetylenes is 1. The molecule has 1 aromatic heterocycles. The van der Waals surface area contributed by atoms with Crippen LogP contribution in [0.5, 0.6) is 0 Å². The Kier molecular flexibility index (Phi) is 2.00. The lowest BCUT2D eigenvalue weighted by Gasteiger charge is -2.20. The van der Waals surface area contributed by atoms with E-state index in [0.29, 0.717) is 12.0 Å². The summed E-state index contributed by atoms with van der Waals surface area (Å²) in [4.78, 5) is 4.21. The standard InChI is InChI=1S/C13H14N2/c1-2-9-5-10(8-14-7-9)12-6-11-3-4-13(12)15-11/h1,5,7-8,11-13,15H,3-4,6H2/t11-,12+,13+/m0/s1. The first-order valence-electron chi connectivity index (χ1n) is 5.54. The van der Waals surface area contributed by atoms with Gasteiger partial charge in [0.1, 0.15) is 0 Å². The van der Waals surface area contributed by atoms with Crippen LogP contribution in [0, 0.1) is 12.3 Å². The predicted octanol–water partition coefficient (Wildman–Crippen LogP) is 1.67. The molecular weight excluding hydrogens is 184 g/mol. The van der Waals surface area contributed by atoms with E-state index in [-0.39, 0.29) is 0 Å². The van der Waals surface area contributed by atoms with Crippen molar-refractivity contribution in [3.63, 3.8) is 0 Å². The normalized spacial score (nSPS) is 32.9. The molecule has 2 saturated heterocycles. The van der Waals surface area contributed by atoms with E-state index in [4.69, 9.17) is 6.42 Å². The molecule has 1 N–H and O–H groups in total. The lowest BCUT2D eigenvalue weighted by Crippen LogP contribution is -2.21. The third-order valence-corrected chi connectivity index (χ3v) is 3.65. The Morgan fingerprint density at radius 3 is 3.00 bits per heavy atom. The fourth-order valence-electron chi connectivity index (χ4n) is 2.93. The number of nitrogens with one attached hydrogen (secondary N) is 1. The molecule has 2 nitrogen and oxygen atoms in total. The summed E-state index contributed by atoms with van der Waals surface area (Å²) in [5.41, 5.74) is 2.21. The minimum Gasteiger partial charge on any atom is -0.311 e. The van der Waals surface area contributed by atoms with Gasteiger partial charge in [-0.1, -0.05) is 5.92 Å². The number of pyridine rings is 1. The average molecular weight is 198 g/mol. The highest BCUT2D eigenvalue weighted by molar-refractivity contribution is 5.35. The number of nitrogens with zero attached hydrogens (tertiary/aromatic N) is 1.